The minimum Gasteiger partial charge on any atom is -0.0987 e. The first-order valence-corrected chi connectivity index (χ1v) is 7.28. The van der Waals surface area contributed by atoms with Crippen molar-refractivity contribution in [1.82, 2.24) is 0 Å². The van der Waals surface area contributed by atoms with E-state index >= 15 is 0 Å². The molecule has 0 atom stereocenters. The Kier molecular flexibility index (Phi) is 10.1. The van der Waals surface area contributed by atoms with E-state index in [1.54, 1.807) is 0 Å². The molecule has 0 radical (unpaired) electrons. The standard InChI is InChI=1S/C14H18.C3H8.C2H6/c1-7-11-10(4)12(8-2)14(5,6)13(11)9-3;1-3-2;1-2/h7-9H,1,3-4H2,2,5-6H3;3H2,1-2H3;1-2H3/b12-8+;;. The fraction of sp³-hybridized carbons (Fsp3) is 0.474. The lowest BCUT2D eigenvalue weighted by Crippen LogP contribution is -2.11. The molecule has 0 heteroatoms. The van der Waals surface area contributed by atoms with Crippen LogP contribution in [-0.2, 0) is 0 Å². The molecule has 1 rings (SSSR count). The van der Waals surface area contributed by atoms with Crippen LogP contribution in [0.4, 0.5) is 0 Å². The van der Waals surface area contributed by atoms with Crippen LogP contribution in [0, 0.1) is 5.41 Å². The number of hydrogen-bond donors (Lipinski definition) is 0. The van der Waals surface area contributed by atoms with Gasteiger partial charge in [0.15, 0.2) is 0 Å². The molecule has 1 aliphatic carbocycles. The molecule has 0 aliphatic heterocycles. The maximum absolute atomic E-state index is 4.11. The summed E-state index contributed by atoms with van der Waals surface area (Å²) < 4.78 is 0. The summed E-state index contributed by atoms with van der Waals surface area (Å²) in [6.45, 7) is 26.5. The third-order valence-electron chi connectivity index (χ3n) is 2.98. The highest BCUT2D eigenvalue weighted by Crippen LogP contribution is 2.49. The average Bonchev–Trinajstić information content (AvgIpc) is 2.57. The highest BCUT2D eigenvalue weighted by molar-refractivity contribution is 5.66. The predicted molar refractivity (Wildman–Crippen MR) is 91.4 cm³/mol. The van der Waals surface area contributed by atoms with Crippen LogP contribution in [0.5, 0.6) is 0 Å². The molecule has 1 aliphatic rings. The summed E-state index contributed by atoms with van der Waals surface area (Å²) in [5.41, 5.74) is 4.75. The van der Waals surface area contributed by atoms with E-state index in [1.165, 1.54) is 17.6 Å². The molecule has 0 amide bonds. The summed E-state index contributed by atoms with van der Waals surface area (Å²) in [6, 6.07) is 0. The molecule has 0 aromatic heterocycles. The summed E-state index contributed by atoms with van der Waals surface area (Å²) in [5, 5.41) is 0. The zero-order valence-electron chi connectivity index (χ0n) is 14.1. The third-order valence-corrected chi connectivity index (χ3v) is 2.98. The Morgan fingerprint density at radius 2 is 1.47 bits per heavy atom. The van der Waals surface area contributed by atoms with Crippen molar-refractivity contribution < 1.29 is 0 Å². The first-order valence-electron chi connectivity index (χ1n) is 7.28. The molecule has 0 nitrogen and oxygen atoms in total. The van der Waals surface area contributed by atoms with Crippen molar-refractivity contribution in [2.45, 2.75) is 54.9 Å². The largest absolute Gasteiger partial charge is 0.0987 e. The zero-order chi connectivity index (χ0) is 15.6. The van der Waals surface area contributed by atoms with Crippen molar-refractivity contribution in [3.8, 4) is 0 Å². The lowest BCUT2D eigenvalue weighted by Gasteiger charge is -2.22. The van der Waals surface area contributed by atoms with E-state index in [4.69, 9.17) is 0 Å². The molecular formula is C19H32. The maximum atomic E-state index is 4.11. The van der Waals surface area contributed by atoms with Crippen LogP contribution in [0.3, 0.4) is 0 Å². The van der Waals surface area contributed by atoms with Gasteiger partial charge < -0.3 is 0 Å². The lowest BCUT2D eigenvalue weighted by atomic mass is 9.81. The van der Waals surface area contributed by atoms with E-state index in [0.29, 0.717) is 0 Å². The van der Waals surface area contributed by atoms with Gasteiger partial charge in [0.1, 0.15) is 0 Å². The highest BCUT2D eigenvalue weighted by atomic mass is 14.4. The predicted octanol–water partition coefficient (Wildman–Crippen LogP) is 6.64. The van der Waals surface area contributed by atoms with Crippen LogP contribution in [0.15, 0.2) is 60.3 Å². The van der Waals surface area contributed by atoms with Gasteiger partial charge in [-0.25, -0.2) is 0 Å². The van der Waals surface area contributed by atoms with Crippen molar-refractivity contribution in [2.75, 3.05) is 0 Å². The monoisotopic (exact) mass is 260 g/mol. The van der Waals surface area contributed by atoms with Crippen LogP contribution >= 0.6 is 0 Å². The second-order valence-corrected chi connectivity index (χ2v) is 4.75. The Labute approximate surface area is 121 Å². The smallest absolute Gasteiger partial charge is 0.0155 e. The molecule has 0 unspecified atom stereocenters. The molecule has 108 valence electrons. The molecular weight excluding hydrogens is 228 g/mol. The molecule has 0 fully saturated rings. The van der Waals surface area contributed by atoms with E-state index in [1.807, 2.05) is 26.0 Å². The molecule has 0 aromatic carbocycles. The Hall–Kier alpha value is -1.30. The third kappa shape index (κ3) is 4.38. The molecule has 0 heterocycles. The molecule has 0 N–H and O–H groups in total. The van der Waals surface area contributed by atoms with Gasteiger partial charge in [0.05, 0.1) is 0 Å². The lowest BCUT2D eigenvalue weighted by molar-refractivity contribution is 0.578. The van der Waals surface area contributed by atoms with E-state index in [-0.39, 0.29) is 5.41 Å². The van der Waals surface area contributed by atoms with Gasteiger partial charge >= 0.3 is 0 Å². The van der Waals surface area contributed by atoms with Crippen molar-refractivity contribution >= 4 is 0 Å². The number of rotatable bonds is 2. The maximum Gasteiger partial charge on any atom is 0.0155 e. The van der Waals surface area contributed by atoms with Crippen LogP contribution in [0.25, 0.3) is 0 Å². The molecule has 0 bridgehead atoms. The zero-order valence-corrected chi connectivity index (χ0v) is 14.1. The van der Waals surface area contributed by atoms with Crippen molar-refractivity contribution in [3.63, 3.8) is 0 Å². The van der Waals surface area contributed by atoms with Crippen LogP contribution in [-0.4, -0.2) is 0 Å². The summed E-state index contributed by atoms with van der Waals surface area (Å²) in [7, 11) is 0. The minimum atomic E-state index is 0.0249. The fourth-order valence-corrected chi connectivity index (χ4v) is 2.30. The van der Waals surface area contributed by atoms with Gasteiger partial charge in [-0.1, -0.05) is 85.9 Å². The average molecular weight is 260 g/mol. The summed E-state index contributed by atoms with van der Waals surface area (Å²) in [5.74, 6) is 0. The molecule has 0 saturated heterocycles. The van der Waals surface area contributed by atoms with E-state index in [0.717, 1.165) is 11.1 Å². The molecule has 0 aromatic rings. The summed E-state index contributed by atoms with van der Waals surface area (Å²) in [6.07, 6.45) is 7.17. The van der Waals surface area contributed by atoms with Crippen LogP contribution < -0.4 is 0 Å². The molecule has 0 saturated carbocycles. The fourth-order valence-electron chi connectivity index (χ4n) is 2.30. The van der Waals surface area contributed by atoms with Gasteiger partial charge in [0, 0.05) is 5.41 Å². The Morgan fingerprint density at radius 1 is 1.05 bits per heavy atom. The van der Waals surface area contributed by atoms with Gasteiger partial charge in [0.25, 0.3) is 0 Å². The Balaban J connectivity index is 0. The SMILES string of the molecule is C=CC1=C(C=C)C(C)(C)/C(=C/C)C1=C.CC.CCC. The van der Waals surface area contributed by atoms with Gasteiger partial charge in [-0.3, -0.25) is 0 Å². The normalized spacial score (nSPS) is 18.3. The van der Waals surface area contributed by atoms with Gasteiger partial charge in [-0.15, -0.1) is 0 Å². The number of hydrogen-bond acceptors (Lipinski definition) is 0. The first kappa shape index (κ1) is 20.0. The van der Waals surface area contributed by atoms with Crippen molar-refractivity contribution in [1.29, 1.82) is 0 Å². The topological polar surface area (TPSA) is 0 Å². The van der Waals surface area contributed by atoms with Crippen LogP contribution in [0.1, 0.15) is 54.9 Å². The molecule has 19 heavy (non-hydrogen) atoms. The Bertz CT molecular complexity index is 373. The van der Waals surface area contributed by atoms with Crippen LogP contribution in [0.2, 0.25) is 0 Å². The minimum absolute atomic E-state index is 0.0249. The first-order chi connectivity index (χ1) is 8.91. The molecule has 0 spiro atoms. The second kappa shape index (κ2) is 9.61. The van der Waals surface area contributed by atoms with Gasteiger partial charge in [-0.2, -0.15) is 0 Å². The number of allylic oxidation sites excluding steroid dienone is 7. The van der Waals surface area contributed by atoms with Gasteiger partial charge in [-0.05, 0) is 29.2 Å². The quantitative estimate of drug-likeness (QED) is 0.522. The highest BCUT2D eigenvalue weighted by Gasteiger charge is 2.36. The summed E-state index contributed by atoms with van der Waals surface area (Å²) in [4.78, 5) is 0. The van der Waals surface area contributed by atoms with Gasteiger partial charge in [0.2, 0.25) is 0 Å². The van der Waals surface area contributed by atoms with Crippen molar-refractivity contribution in [2.24, 2.45) is 5.41 Å². The van der Waals surface area contributed by atoms with E-state index in [9.17, 15) is 0 Å². The van der Waals surface area contributed by atoms with E-state index in [2.05, 4.69) is 60.4 Å². The Morgan fingerprint density at radius 3 is 1.68 bits per heavy atom. The van der Waals surface area contributed by atoms with E-state index < -0.39 is 0 Å². The van der Waals surface area contributed by atoms with Crippen molar-refractivity contribution in [3.05, 3.63) is 60.3 Å². The second-order valence-electron chi connectivity index (χ2n) is 4.75. The summed E-state index contributed by atoms with van der Waals surface area (Å²) >= 11 is 0.